The zero-order chi connectivity index (χ0) is 17.4. The fourth-order valence-corrected chi connectivity index (χ4v) is 3.47. The van der Waals surface area contributed by atoms with E-state index in [1.54, 1.807) is 0 Å². The average molecular weight is 332 g/mol. The second kappa shape index (κ2) is 6.18. The van der Waals surface area contributed by atoms with Gasteiger partial charge >= 0.3 is 0 Å². The van der Waals surface area contributed by atoms with Gasteiger partial charge in [-0.15, -0.1) is 0 Å². The van der Waals surface area contributed by atoms with Gasteiger partial charge in [0.25, 0.3) is 5.56 Å². The van der Waals surface area contributed by atoms with Crippen LogP contribution in [0, 0.1) is 6.92 Å². The van der Waals surface area contributed by atoms with Crippen LogP contribution in [0.1, 0.15) is 12.1 Å². The molecule has 0 saturated carbocycles. The number of rotatable bonds is 4. The molecule has 0 aliphatic rings. The predicted molar refractivity (Wildman–Crippen MR) is 102 cm³/mol. The molecule has 5 nitrogen and oxygen atoms in total. The molecule has 0 amide bonds. The van der Waals surface area contributed by atoms with Gasteiger partial charge in [-0.3, -0.25) is 4.79 Å². The SMILES string of the molecule is Cc1c(-c2nc3ccccc3[nH]c2=O)c2ccccc2n1CCCN. The highest BCUT2D eigenvalue weighted by Crippen LogP contribution is 2.32. The molecule has 0 aliphatic carbocycles. The molecule has 0 saturated heterocycles. The molecule has 0 fully saturated rings. The maximum absolute atomic E-state index is 12.7. The van der Waals surface area contributed by atoms with Crippen molar-refractivity contribution >= 4 is 21.9 Å². The first-order valence-electron chi connectivity index (χ1n) is 8.48. The van der Waals surface area contributed by atoms with Crippen molar-refractivity contribution < 1.29 is 0 Å². The van der Waals surface area contributed by atoms with Crippen LogP contribution < -0.4 is 11.3 Å². The Balaban J connectivity index is 2.03. The summed E-state index contributed by atoms with van der Waals surface area (Å²) >= 11 is 0. The van der Waals surface area contributed by atoms with Gasteiger partial charge in [0.2, 0.25) is 0 Å². The van der Waals surface area contributed by atoms with Crippen LogP contribution in [-0.2, 0) is 6.54 Å². The third-order valence-corrected chi connectivity index (χ3v) is 4.65. The third-order valence-electron chi connectivity index (χ3n) is 4.65. The number of benzene rings is 2. The zero-order valence-electron chi connectivity index (χ0n) is 14.1. The van der Waals surface area contributed by atoms with Gasteiger partial charge in [-0.05, 0) is 38.1 Å². The number of aromatic amines is 1. The van der Waals surface area contributed by atoms with Crippen molar-refractivity contribution in [2.45, 2.75) is 19.9 Å². The number of H-pyrrole nitrogens is 1. The number of nitrogens with one attached hydrogen (secondary N) is 1. The fraction of sp³-hybridized carbons (Fsp3) is 0.200. The molecule has 0 unspecified atom stereocenters. The Morgan fingerprint density at radius 2 is 1.88 bits per heavy atom. The Morgan fingerprint density at radius 3 is 2.72 bits per heavy atom. The first-order valence-corrected chi connectivity index (χ1v) is 8.48. The van der Waals surface area contributed by atoms with Crippen LogP contribution in [0.2, 0.25) is 0 Å². The van der Waals surface area contributed by atoms with Crippen LogP contribution in [0.15, 0.2) is 53.3 Å². The van der Waals surface area contributed by atoms with Gasteiger partial charge < -0.3 is 15.3 Å². The molecule has 3 N–H and O–H groups in total. The fourth-order valence-electron chi connectivity index (χ4n) is 3.47. The molecule has 0 atom stereocenters. The topological polar surface area (TPSA) is 76.7 Å². The summed E-state index contributed by atoms with van der Waals surface area (Å²) in [5.41, 5.74) is 10.6. The van der Waals surface area contributed by atoms with Crippen LogP contribution in [0.5, 0.6) is 0 Å². The van der Waals surface area contributed by atoms with Crippen LogP contribution in [0.4, 0.5) is 0 Å². The van der Waals surface area contributed by atoms with E-state index in [9.17, 15) is 4.79 Å². The quantitative estimate of drug-likeness (QED) is 0.602. The van der Waals surface area contributed by atoms with Gasteiger partial charge in [0, 0.05) is 28.7 Å². The van der Waals surface area contributed by atoms with Crippen molar-refractivity contribution in [1.29, 1.82) is 0 Å². The van der Waals surface area contributed by atoms with Crippen LogP contribution in [-0.4, -0.2) is 21.1 Å². The van der Waals surface area contributed by atoms with E-state index >= 15 is 0 Å². The van der Waals surface area contributed by atoms with Crippen molar-refractivity contribution in [1.82, 2.24) is 14.5 Å². The second-order valence-electron chi connectivity index (χ2n) is 6.20. The van der Waals surface area contributed by atoms with E-state index < -0.39 is 0 Å². The molecule has 2 aromatic carbocycles. The Kier molecular flexibility index (Phi) is 3.86. The summed E-state index contributed by atoms with van der Waals surface area (Å²) < 4.78 is 2.23. The van der Waals surface area contributed by atoms with Crippen molar-refractivity contribution in [3.63, 3.8) is 0 Å². The van der Waals surface area contributed by atoms with Crippen molar-refractivity contribution in [3.05, 3.63) is 64.6 Å². The lowest BCUT2D eigenvalue weighted by molar-refractivity contribution is 0.657. The molecule has 0 aliphatic heterocycles. The van der Waals surface area contributed by atoms with Crippen LogP contribution in [0.25, 0.3) is 33.2 Å². The lowest BCUT2D eigenvalue weighted by Crippen LogP contribution is -2.12. The molecule has 2 aromatic heterocycles. The maximum atomic E-state index is 12.7. The number of nitrogens with two attached hydrogens (primary N) is 1. The highest BCUT2D eigenvalue weighted by atomic mass is 16.1. The summed E-state index contributed by atoms with van der Waals surface area (Å²) in [6.07, 6.45) is 0.889. The van der Waals surface area contributed by atoms with Gasteiger partial charge in [0.05, 0.1) is 11.0 Å². The molecule has 4 rings (SSSR count). The first kappa shape index (κ1) is 15.6. The lowest BCUT2D eigenvalue weighted by Gasteiger charge is -2.08. The molecule has 0 radical (unpaired) electrons. The van der Waals surface area contributed by atoms with Crippen LogP contribution in [0.3, 0.4) is 0 Å². The minimum absolute atomic E-state index is 0.163. The smallest absolute Gasteiger partial charge is 0.275 e. The van der Waals surface area contributed by atoms with Crippen molar-refractivity contribution in [2.75, 3.05) is 6.54 Å². The largest absolute Gasteiger partial charge is 0.344 e. The average Bonchev–Trinajstić information content (AvgIpc) is 2.91. The lowest BCUT2D eigenvalue weighted by atomic mass is 10.1. The minimum Gasteiger partial charge on any atom is -0.344 e. The monoisotopic (exact) mass is 332 g/mol. The Bertz CT molecular complexity index is 1120. The third kappa shape index (κ3) is 2.53. The van der Waals surface area contributed by atoms with Crippen molar-refractivity contribution in [3.8, 4) is 11.3 Å². The van der Waals surface area contributed by atoms with E-state index in [-0.39, 0.29) is 5.56 Å². The summed E-state index contributed by atoms with van der Waals surface area (Å²) in [7, 11) is 0. The van der Waals surface area contributed by atoms with E-state index in [1.165, 1.54) is 0 Å². The van der Waals surface area contributed by atoms with E-state index in [0.29, 0.717) is 12.2 Å². The van der Waals surface area contributed by atoms with E-state index in [4.69, 9.17) is 5.73 Å². The summed E-state index contributed by atoms with van der Waals surface area (Å²) in [6, 6.07) is 15.7. The molecule has 4 aromatic rings. The normalized spacial score (nSPS) is 11.4. The predicted octanol–water partition coefficient (Wildman–Crippen LogP) is 3.20. The Morgan fingerprint density at radius 1 is 1.12 bits per heavy atom. The number of nitrogens with zero attached hydrogens (tertiary/aromatic N) is 2. The van der Waals surface area contributed by atoms with Gasteiger partial charge in [0.15, 0.2) is 0 Å². The van der Waals surface area contributed by atoms with E-state index in [0.717, 1.165) is 46.2 Å². The number of hydrogen-bond donors (Lipinski definition) is 2. The molecular formula is C20H20N4O. The van der Waals surface area contributed by atoms with Gasteiger partial charge in [-0.1, -0.05) is 30.3 Å². The number of para-hydroxylation sites is 3. The van der Waals surface area contributed by atoms with E-state index in [2.05, 4.69) is 20.6 Å². The molecule has 25 heavy (non-hydrogen) atoms. The molecule has 0 bridgehead atoms. The minimum atomic E-state index is -0.163. The first-order chi connectivity index (χ1) is 12.2. The number of aryl methyl sites for hydroxylation is 1. The van der Waals surface area contributed by atoms with Gasteiger partial charge in [0.1, 0.15) is 5.69 Å². The number of hydrogen-bond acceptors (Lipinski definition) is 3. The van der Waals surface area contributed by atoms with E-state index in [1.807, 2.05) is 49.4 Å². The Hall–Kier alpha value is -2.92. The highest BCUT2D eigenvalue weighted by Gasteiger charge is 2.19. The summed E-state index contributed by atoms with van der Waals surface area (Å²) in [6.45, 7) is 3.51. The van der Waals surface area contributed by atoms with Crippen molar-refractivity contribution in [2.24, 2.45) is 5.73 Å². The van der Waals surface area contributed by atoms with Gasteiger partial charge in [-0.25, -0.2) is 4.98 Å². The maximum Gasteiger partial charge on any atom is 0.275 e. The summed E-state index contributed by atoms with van der Waals surface area (Å²) in [5.74, 6) is 0. The number of fused-ring (bicyclic) bond motifs is 2. The Labute approximate surface area is 145 Å². The second-order valence-corrected chi connectivity index (χ2v) is 6.20. The molecule has 2 heterocycles. The summed E-state index contributed by atoms with van der Waals surface area (Å²) in [5, 5.41) is 1.05. The molecule has 0 spiro atoms. The van der Waals surface area contributed by atoms with Gasteiger partial charge in [-0.2, -0.15) is 0 Å². The highest BCUT2D eigenvalue weighted by molar-refractivity contribution is 5.97. The standard InChI is InChI=1S/C20H20N4O/c1-13-18(14-7-2-5-10-17(14)24(13)12-6-11-21)19-20(25)23-16-9-4-3-8-15(16)22-19/h2-5,7-10H,6,11-12,21H2,1H3,(H,23,25). The van der Waals surface area contributed by atoms with Crippen LogP contribution >= 0.6 is 0 Å². The molecule has 5 heteroatoms. The summed E-state index contributed by atoms with van der Waals surface area (Å²) in [4.78, 5) is 20.3. The number of aromatic nitrogens is 3. The zero-order valence-corrected chi connectivity index (χ0v) is 14.1. The molecule has 126 valence electrons. The molecular weight excluding hydrogens is 312 g/mol.